The molecule has 0 amide bonds. The number of ether oxygens (including phenoxy) is 2. The second kappa shape index (κ2) is 11.2. The predicted molar refractivity (Wildman–Crippen MR) is 140 cm³/mol. The van der Waals surface area contributed by atoms with Crippen molar-refractivity contribution >= 4 is 41.8 Å². The van der Waals surface area contributed by atoms with Gasteiger partial charge in [-0.15, -0.1) is 0 Å². The SMILES string of the molecule is CC1C(O)COC2C(COP(=O)(O)OC(C(O)n3cnc4c(N)ncnc43)C1F)OC(n1cnc3c(N)ncnc31)C2F. The van der Waals surface area contributed by atoms with Crippen LogP contribution in [-0.2, 0) is 23.1 Å². The molecule has 0 aromatic carbocycles. The molecule has 2 aliphatic rings. The number of nitrogens with zero attached hydrogens (tertiary/aromatic N) is 8. The van der Waals surface area contributed by atoms with E-state index in [1.807, 2.05) is 0 Å². The predicted octanol–water partition coefficient (Wildman–Crippen LogP) is -0.207. The number of aromatic nitrogens is 8. The first-order valence-corrected chi connectivity index (χ1v) is 14.4. The third-order valence-electron chi connectivity index (χ3n) is 7.43. The number of nitrogens with two attached hydrogens (primary N) is 2. The number of halogens is 2. The summed E-state index contributed by atoms with van der Waals surface area (Å²) in [4.78, 5) is 34.3. The quantitative estimate of drug-likeness (QED) is 0.184. The summed E-state index contributed by atoms with van der Waals surface area (Å²) in [6, 6.07) is 0. The average Bonchev–Trinajstić information content (AvgIpc) is 3.68. The van der Waals surface area contributed by atoms with Gasteiger partial charge in [-0.25, -0.2) is 43.2 Å². The molecule has 2 fully saturated rings. The Labute approximate surface area is 240 Å². The third kappa shape index (κ3) is 5.29. The van der Waals surface area contributed by atoms with Gasteiger partial charge < -0.3 is 36.0 Å². The van der Waals surface area contributed by atoms with Gasteiger partial charge in [0.2, 0.25) is 0 Å². The summed E-state index contributed by atoms with van der Waals surface area (Å²) in [5.74, 6) is -1.35. The van der Waals surface area contributed by atoms with Crippen LogP contribution in [0.3, 0.4) is 0 Å². The van der Waals surface area contributed by atoms with Gasteiger partial charge in [-0.1, -0.05) is 6.92 Å². The highest BCUT2D eigenvalue weighted by Crippen LogP contribution is 2.49. The largest absolute Gasteiger partial charge is 0.472 e. The molecule has 0 aliphatic carbocycles. The van der Waals surface area contributed by atoms with Crippen LogP contribution in [0.25, 0.3) is 22.3 Å². The first-order valence-electron chi connectivity index (χ1n) is 12.9. The highest BCUT2D eigenvalue weighted by molar-refractivity contribution is 7.47. The summed E-state index contributed by atoms with van der Waals surface area (Å²) in [6.45, 7) is -0.0817. The Morgan fingerprint density at radius 3 is 2.37 bits per heavy atom. The number of rotatable bonds is 3. The molecule has 10 atom stereocenters. The van der Waals surface area contributed by atoms with Crippen molar-refractivity contribution in [3.63, 3.8) is 0 Å². The Bertz CT molecular complexity index is 1680. The molecular formula is C22H27F2N10O8P. The minimum Gasteiger partial charge on any atom is -0.390 e. The lowest BCUT2D eigenvalue weighted by Crippen LogP contribution is -2.45. The summed E-state index contributed by atoms with van der Waals surface area (Å²) in [7, 11) is -5.19. The van der Waals surface area contributed by atoms with Crippen molar-refractivity contribution in [3.05, 3.63) is 25.3 Å². The fourth-order valence-electron chi connectivity index (χ4n) is 5.03. The molecule has 6 heterocycles. The normalized spacial score (nSPS) is 34.9. The number of hydrogen-bond donors (Lipinski definition) is 5. The molecule has 2 saturated heterocycles. The van der Waals surface area contributed by atoms with E-state index in [2.05, 4.69) is 29.9 Å². The van der Waals surface area contributed by atoms with Crippen LogP contribution in [0, 0.1) is 5.92 Å². The monoisotopic (exact) mass is 628 g/mol. The van der Waals surface area contributed by atoms with E-state index in [0.717, 1.165) is 23.5 Å². The van der Waals surface area contributed by atoms with E-state index < -0.39 is 76.2 Å². The number of alkyl halides is 2. The number of anilines is 2. The highest BCUT2D eigenvalue weighted by atomic mass is 31.2. The third-order valence-corrected chi connectivity index (χ3v) is 8.42. The number of nitrogen functional groups attached to an aromatic ring is 2. The van der Waals surface area contributed by atoms with E-state index in [4.69, 9.17) is 30.0 Å². The molecular weight excluding hydrogens is 601 g/mol. The van der Waals surface area contributed by atoms with Crippen molar-refractivity contribution in [2.24, 2.45) is 5.92 Å². The fourth-order valence-corrected chi connectivity index (χ4v) is 5.96. The summed E-state index contributed by atoms with van der Waals surface area (Å²) < 4.78 is 68.7. The Kier molecular flexibility index (Phi) is 7.71. The zero-order valence-corrected chi connectivity index (χ0v) is 23.1. The Morgan fingerprint density at radius 1 is 1.00 bits per heavy atom. The summed E-state index contributed by atoms with van der Waals surface area (Å²) in [5, 5.41) is 21.9. The molecule has 4 aromatic rings. The standard InChI is InChI=1S/C22H27F2N10O8P/c1-8-9(35)2-39-15-10(41-22(12(15)24)34-7-32-14-18(26)28-5-30-20(14)34)3-40-43(37,38)42-16(11(8)23)21(36)33-6-31-13-17(25)27-4-29-19(13)33/h4-12,15-16,21-22,35-36H,2-3H2,1H3,(H,37,38)(H2,25,27,29)(H2,26,28,30). The number of aliphatic hydroxyl groups is 2. The zero-order chi connectivity index (χ0) is 30.6. The maximum absolute atomic E-state index is 15.9. The van der Waals surface area contributed by atoms with Gasteiger partial charge in [0.25, 0.3) is 0 Å². The summed E-state index contributed by atoms with van der Waals surface area (Å²) in [6.07, 6.45) is -9.52. The first-order chi connectivity index (χ1) is 20.5. The van der Waals surface area contributed by atoms with Crippen LogP contribution in [-0.4, -0.2) is 104 Å². The van der Waals surface area contributed by atoms with Gasteiger partial charge in [-0.05, 0) is 0 Å². The lowest BCUT2D eigenvalue weighted by Gasteiger charge is -2.34. The second-order valence-corrected chi connectivity index (χ2v) is 11.5. The second-order valence-electron chi connectivity index (χ2n) is 10.1. The Hall–Kier alpha value is -3.49. The van der Waals surface area contributed by atoms with Gasteiger partial charge in [0.05, 0.1) is 32.0 Å². The first kappa shape index (κ1) is 29.6. The highest BCUT2D eigenvalue weighted by Gasteiger charge is 2.50. The number of fused-ring (bicyclic) bond motifs is 3. The van der Waals surface area contributed by atoms with E-state index in [9.17, 15) is 19.7 Å². The van der Waals surface area contributed by atoms with Crippen molar-refractivity contribution < 1.29 is 47.0 Å². The molecule has 18 nitrogen and oxygen atoms in total. The maximum atomic E-state index is 15.9. The van der Waals surface area contributed by atoms with E-state index in [1.54, 1.807) is 0 Å². The number of phosphoric ester groups is 1. The molecule has 0 saturated carbocycles. The van der Waals surface area contributed by atoms with Crippen LogP contribution in [0.2, 0.25) is 0 Å². The van der Waals surface area contributed by atoms with Gasteiger partial charge in [-0.2, -0.15) is 0 Å². The van der Waals surface area contributed by atoms with E-state index in [0.29, 0.717) is 0 Å². The summed E-state index contributed by atoms with van der Waals surface area (Å²) >= 11 is 0. The van der Waals surface area contributed by atoms with Gasteiger partial charge in [0.15, 0.2) is 41.6 Å². The van der Waals surface area contributed by atoms with Gasteiger partial charge in [0.1, 0.15) is 48.2 Å². The molecule has 4 aromatic heterocycles. The van der Waals surface area contributed by atoms with E-state index >= 15 is 8.78 Å². The topological polar surface area (TPSA) is 254 Å². The van der Waals surface area contributed by atoms with Crippen LogP contribution < -0.4 is 11.5 Å². The molecule has 10 unspecified atom stereocenters. The lowest BCUT2D eigenvalue weighted by atomic mass is 9.94. The molecule has 21 heteroatoms. The molecule has 0 radical (unpaired) electrons. The maximum Gasteiger partial charge on any atom is 0.472 e. The number of phosphoric acid groups is 1. The molecule has 7 N–H and O–H groups in total. The molecule has 0 bridgehead atoms. The van der Waals surface area contributed by atoms with Crippen molar-refractivity contribution in [2.45, 2.75) is 56.1 Å². The van der Waals surface area contributed by atoms with Crippen LogP contribution in [0.1, 0.15) is 19.4 Å². The Morgan fingerprint density at radius 2 is 1.65 bits per heavy atom. The average molecular weight is 628 g/mol. The van der Waals surface area contributed by atoms with Crippen molar-refractivity contribution in [3.8, 4) is 0 Å². The van der Waals surface area contributed by atoms with Gasteiger partial charge in [0, 0.05) is 5.92 Å². The number of imidazole rings is 2. The number of hydrogen-bond acceptors (Lipinski definition) is 15. The zero-order valence-electron chi connectivity index (χ0n) is 22.2. The molecule has 2 aliphatic heterocycles. The van der Waals surface area contributed by atoms with Crippen molar-refractivity contribution in [1.82, 2.24) is 39.0 Å². The molecule has 0 spiro atoms. The molecule has 6 rings (SSSR count). The molecule has 232 valence electrons. The van der Waals surface area contributed by atoms with Crippen molar-refractivity contribution in [1.29, 1.82) is 0 Å². The van der Waals surface area contributed by atoms with Crippen LogP contribution >= 0.6 is 7.82 Å². The lowest BCUT2D eigenvalue weighted by molar-refractivity contribution is -0.123. The van der Waals surface area contributed by atoms with E-state index in [-0.39, 0.29) is 34.0 Å². The number of aliphatic hydroxyl groups excluding tert-OH is 2. The smallest absolute Gasteiger partial charge is 0.390 e. The van der Waals surface area contributed by atoms with Gasteiger partial charge in [-0.3, -0.25) is 18.2 Å². The molecule has 43 heavy (non-hydrogen) atoms. The van der Waals surface area contributed by atoms with Gasteiger partial charge >= 0.3 is 7.82 Å². The fraction of sp³-hybridized carbons (Fsp3) is 0.545. The minimum atomic E-state index is -5.19. The van der Waals surface area contributed by atoms with E-state index in [1.165, 1.54) is 17.8 Å². The minimum absolute atomic E-state index is 0.0200. The van der Waals surface area contributed by atoms with Crippen LogP contribution in [0.15, 0.2) is 25.3 Å². The summed E-state index contributed by atoms with van der Waals surface area (Å²) in [5.41, 5.74) is 12.0. The van der Waals surface area contributed by atoms with Crippen LogP contribution in [0.4, 0.5) is 20.4 Å². The van der Waals surface area contributed by atoms with Crippen molar-refractivity contribution in [2.75, 3.05) is 24.7 Å². The Balaban J connectivity index is 1.29. The van der Waals surface area contributed by atoms with Crippen LogP contribution in [0.5, 0.6) is 0 Å².